The summed E-state index contributed by atoms with van der Waals surface area (Å²) in [5.41, 5.74) is 1.62. The molecule has 4 nitrogen and oxygen atoms in total. The van der Waals surface area contributed by atoms with Crippen LogP contribution in [-0.2, 0) is 13.6 Å². The van der Waals surface area contributed by atoms with Crippen LogP contribution in [0.4, 0.5) is 0 Å². The first-order valence-electron chi connectivity index (χ1n) is 7.96. The molecule has 1 aliphatic heterocycles. The van der Waals surface area contributed by atoms with Crippen molar-refractivity contribution in [3.05, 3.63) is 18.0 Å². The normalized spacial score (nSPS) is 23.4. The molecule has 1 atom stereocenters. The molecule has 1 aromatic rings. The summed E-state index contributed by atoms with van der Waals surface area (Å²) < 4.78 is 1.90. The van der Waals surface area contributed by atoms with Crippen LogP contribution in [0.2, 0.25) is 0 Å². The minimum absolute atomic E-state index is 0.293. The monoisotopic (exact) mass is 278 g/mol. The molecular weight excluding hydrogens is 248 g/mol. The van der Waals surface area contributed by atoms with Crippen LogP contribution in [0, 0.1) is 5.92 Å². The summed E-state index contributed by atoms with van der Waals surface area (Å²) in [5.74, 6) is 0.679. The molecule has 0 bridgehead atoms. The average molecular weight is 278 g/mol. The van der Waals surface area contributed by atoms with Crippen molar-refractivity contribution in [1.82, 2.24) is 20.0 Å². The Bertz CT molecular complexity index is 420. The van der Waals surface area contributed by atoms with E-state index in [-0.39, 0.29) is 0 Å². The van der Waals surface area contributed by atoms with E-state index in [0.717, 1.165) is 19.6 Å². The Morgan fingerprint density at radius 2 is 2.10 bits per heavy atom. The summed E-state index contributed by atoms with van der Waals surface area (Å²) in [6.07, 6.45) is 6.54. The molecule has 2 heterocycles. The number of hydrogen-bond donors (Lipinski definition) is 1. The Morgan fingerprint density at radius 1 is 1.40 bits per heavy atom. The fourth-order valence-corrected chi connectivity index (χ4v) is 3.33. The van der Waals surface area contributed by atoms with E-state index in [0.29, 0.717) is 17.5 Å². The van der Waals surface area contributed by atoms with Gasteiger partial charge in [-0.15, -0.1) is 0 Å². The molecular formula is C16H30N4. The fourth-order valence-electron chi connectivity index (χ4n) is 3.33. The molecule has 0 aliphatic carbocycles. The number of aryl methyl sites for hydroxylation is 1. The molecule has 114 valence electrons. The summed E-state index contributed by atoms with van der Waals surface area (Å²) in [7, 11) is 1.99. The average Bonchev–Trinajstić information content (AvgIpc) is 2.84. The van der Waals surface area contributed by atoms with Gasteiger partial charge in [0.15, 0.2) is 0 Å². The van der Waals surface area contributed by atoms with Crippen molar-refractivity contribution in [1.29, 1.82) is 0 Å². The summed E-state index contributed by atoms with van der Waals surface area (Å²) in [4.78, 5) is 2.69. The van der Waals surface area contributed by atoms with Crippen molar-refractivity contribution in [2.24, 2.45) is 13.0 Å². The number of piperazine rings is 1. The first kappa shape index (κ1) is 15.5. The topological polar surface area (TPSA) is 33.1 Å². The third kappa shape index (κ3) is 3.07. The predicted molar refractivity (Wildman–Crippen MR) is 83.6 cm³/mol. The summed E-state index contributed by atoms with van der Waals surface area (Å²) >= 11 is 0. The Morgan fingerprint density at radius 3 is 2.60 bits per heavy atom. The molecule has 1 unspecified atom stereocenters. The minimum atomic E-state index is 0.293. The SMILES string of the molecule is CCC1(CC)CNC(C(C)C)CN1Cc1cnn(C)c1. The van der Waals surface area contributed by atoms with Crippen LogP contribution in [0.15, 0.2) is 12.4 Å². The zero-order valence-corrected chi connectivity index (χ0v) is 13.7. The summed E-state index contributed by atoms with van der Waals surface area (Å²) in [6.45, 7) is 12.5. The van der Waals surface area contributed by atoms with E-state index in [4.69, 9.17) is 0 Å². The van der Waals surface area contributed by atoms with Crippen molar-refractivity contribution in [3.8, 4) is 0 Å². The lowest BCUT2D eigenvalue weighted by Crippen LogP contribution is -2.64. The van der Waals surface area contributed by atoms with Crippen LogP contribution in [0.25, 0.3) is 0 Å². The quantitative estimate of drug-likeness (QED) is 0.898. The maximum Gasteiger partial charge on any atom is 0.0534 e. The molecule has 0 saturated carbocycles. The first-order chi connectivity index (χ1) is 9.50. The number of nitrogens with zero attached hydrogens (tertiary/aromatic N) is 3. The molecule has 0 radical (unpaired) electrons. The molecule has 4 heteroatoms. The lowest BCUT2D eigenvalue weighted by Gasteiger charge is -2.50. The van der Waals surface area contributed by atoms with Gasteiger partial charge in [0, 0.05) is 50.0 Å². The third-order valence-corrected chi connectivity index (χ3v) is 5.03. The van der Waals surface area contributed by atoms with E-state index in [1.165, 1.54) is 18.4 Å². The molecule has 1 aromatic heterocycles. The van der Waals surface area contributed by atoms with Gasteiger partial charge >= 0.3 is 0 Å². The smallest absolute Gasteiger partial charge is 0.0534 e. The highest BCUT2D eigenvalue weighted by Crippen LogP contribution is 2.30. The highest BCUT2D eigenvalue weighted by atomic mass is 15.3. The lowest BCUT2D eigenvalue weighted by molar-refractivity contribution is 0.0156. The van der Waals surface area contributed by atoms with Crippen LogP contribution in [0.3, 0.4) is 0 Å². The van der Waals surface area contributed by atoms with Gasteiger partial charge in [-0.1, -0.05) is 27.7 Å². The molecule has 0 aromatic carbocycles. The highest BCUT2D eigenvalue weighted by Gasteiger charge is 2.39. The second-order valence-electron chi connectivity index (χ2n) is 6.57. The van der Waals surface area contributed by atoms with Gasteiger partial charge < -0.3 is 5.32 Å². The second kappa shape index (κ2) is 6.27. The molecule has 1 fully saturated rings. The lowest BCUT2D eigenvalue weighted by atomic mass is 9.85. The highest BCUT2D eigenvalue weighted by molar-refractivity contribution is 5.07. The van der Waals surface area contributed by atoms with Gasteiger partial charge in [-0.25, -0.2) is 0 Å². The number of nitrogens with one attached hydrogen (secondary N) is 1. The Labute approximate surface area is 123 Å². The van der Waals surface area contributed by atoms with Crippen molar-refractivity contribution < 1.29 is 0 Å². The Hall–Kier alpha value is -0.870. The van der Waals surface area contributed by atoms with Crippen LogP contribution < -0.4 is 5.32 Å². The van der Waals surface area contributed by atoms with Crippen molar-refractivity contribution >= 4 is 0 Å². The van der Waals surface area contributed by atoms with Gasteiger partial charge in [0.1, 0.15) is 0 Å². The first-order valence-corrected chi connectivity index (χ1v) is 7.96. The minimum Gasteiger partial charge on any atom is -0.311 e. The van der Waals surface area contributed by atoms with Gasteiger partial charge in [0.25, 0.3) is 0 Å². The number of hydrogen-bond acceptors (Lipinski definition) is 3. The van der Waals surface area contributed by atoms with Gasteiger partial charge in [-0.3, -0.25) is 9.58 Å². The number of aromatic nitrogens is 2. The van der Waals surface area contributed by atoms with E-state index >= 15 is 0 Å². The van der Waals surface area contributed by atoms with E-state index in [1.807, 2.05) is 17.9 Å². The Kier molecular flexibility index (Phi) is 4.86. The zero-order valence-electron chi connectivity index (χ0n) is 13.7. The van der Waals surface area contributed by atoms with Gasteiger partial charge in [-0.2, -0.15) is 5.10 Å². The molecule has 1 saturated heterocycles. The zero-order chi connectivity index (χ0) is 14.8. The van der Waals surface area contributed by atoms with Crippen LogP contribution in [-0.4, -0.2) is 39.4 Å². The van der Waals surface area contributed by atoms with E-state index in [9.17, 15) is 0 Å². The van der Waals surface area contributed by atoms with E-state index in [2.05, 4.69) is 49.2 Å². The molecule has 1 aliphatic rings. The summed E-state index contributed by atoms with van der Waals surface area (Å²) in [5, 5.41) is 8.08. The standard InChI is InChI=1S/C16H30N4/c1-6-16(7-2)12-17-15(13(3)4)11-20(16)10-14-8-18-19(5)9-14/h8-9,13,15,17H,6-7,10-12H2,1-5H3. The maximum absolute atomic E-state index is 4.31. The van der Waals surface area contributed by atoms with Crippen LogP contribution >= 0.6 is 0 Å². The fraction of sp³-hybridized carbons (Fsp3) is 0.812. The van der Waals surface area contributed by atoms with Gasteiger partial charge in [0.05, 0.1) is 6.20 Å². The second-order valence-corrected chi connectivity index (χ2v) is 6.57. The largest absolute Gasteiger partial charge is 0.311 e. The molecule has 0 spiro atoms. The van der Waals surface area contributed by atoms with Crippen molar-refractivity contribution in [3.63, 3.8) is 0 Å². The predicted octanol–water partition coefficient (Wildman–Crippen LogP) is 2.41. The number of rotatable bonds is 5. The molecule has 0 amide bonds. The van der Waals surface area contributed by atoms with E-state index in [1.54, 1.807) is 0 Å². The van der Waals surface area contributed by atoms with Crippen LogP contribution in [0.1, 0.15) is 46.1 Å². The maximum atomic E-state index is 4.31. The van der Waals surface area contributed by atoms with E-state index < -0.39 is 0 Å². The van der Waals surface area contributed by atoms with Crippen molar-refractivity contribution in [2.75, 3.05) is 13.1 Å². The summed E-state index contributed by atoms with van der Waals surface area (Å²) in [6, 6.07) is 0.595. The molecule has 20 heavy (non-hydrogen) atoms. The Balaban J connectivity index is 2.17. The van der Waals surface area contributed by atoms with Gasteiger partial charge in [0.2, 0.25) is 0 Å². The molecule has 1 N–H and O–H groups in total. The van der Waals surface area contributed by atoms with Crippen molar-refractivity contribution in [2.45, 2.75) is 58.7 Å². The third-order valence-electron chi connectivity index (χ3n) is 5.03. The van der Waals surface area contributed by atoms with Gasteiger partial charge in [-0.05, 0) is 18.8 Å². The molecule has 2 rings (SSSR count). The van der Waals surface area contributed by atoms with Crippen LogP contribution in [0.5, 0.6) is 0 Å².